The summed E-state index contributed by atoms with van der Waals surface area (Å²) in [5, 5.41) is 2.19. The summed E-state index contributed by atoms with van der Waals surface area (Å²) >= 11 is 0. The van der Waals surface area contributed by atoms with Gasteiger partial charge < -0.3 is 15.9 Å². The molecule has 1 aliphatic rings. The molecule has 1 saturated heterocycles. The number of nitrogen functional groups attached to an aromatic ring is 1. The molecule has 106 valence electrons. The molecule has 5 heteroatoms. The SMILES string of the molecule is COc1cc(NN2C(C)CCCC2C)c(N)cc1F. The predicted octanol–water partition coefficient (Wildman–Crippen LogP) is 3.01. The van der Waals surface area contributed by atoms with E-state index in [0.29, 0.717) is 23.5 Å². The predicted molar refractivity (Wildman–Crippen MR) is 75.6 cm³/mol. The number of hydrazine groups is 1. The van der Waals surface area contributed by atoms with Crippen molar-refractivity contribution < 1.29 is 9.13 Å². The Kier molecular flexibility index (Phi) is 4.14. The molecule has 0 aromatic heterocycles. The molecule has 0 amide bonds. The van der Waals surface area contributed by atoms with Gasteiger partial charge >= 0.3 is 0 Å². The molecule has 1 aliphatic heterocycles. The zero-order valence-electron chi connectivity index (χ0n) is 11.7. The zero-order valence-corrected chi connectivity index (χ0v) is 11.7. The van der Waals surface area contributed by atoms with Crippen LogP contribution in [0.25, 0.3) is 0 Å². The largest absolute Gasteiger partial charge is 0.494 e. The van der Waals surface area contributed by atoms with Gasteiger partial charge in [-0.3, -0.25) is 0 Å². The lowest BCUT2D eigenvalue weighted by Gasteiger charge is -2.39. The molecule has 0 bridgehead atoms. The van der Waals surface area contributed by atoms with E-state index in [1.54, 1.807) is 6.07 Å². The number of methoxy groups -OCH3 is 1. The standard InChI is InChI=1S/C14H22FN3O/c1-9-5-4-6-10(2)18(9)17-13-8-14(19-3)11(15)7-12(13)16/h7-10,17H,4-6,16H2,1-3H3. The summed E-state index contributed by atoms with van der Waals surface area (Å²) in [6, 6.07) is 3.76. The number of hydrogen-bond acceptors (Lipinski definition) is 4. The average molecular weight is 267 g/mol. The minimum absolute atomic E-state index is 0.203. The minimum atomic E-state index is -0.440. The number of anilines is 2. The van der Waals surface area contributed by atoms with E-state index in [4.69, 9.17) is 10.5 Å². The maximum absolute atomic E-state index is 13.5. The lowest BCUT2D eigenvalue weighted by atomic mass is 10.00. The number of rotatable bonds is 3. The maximum atomic E-state index is 13.5. The van der Waals surface area contributed by atoms with E-state index in [2.05, 4.69) is 24.3 Å². The van der Waals surface area contributed by atoms with Crippen LogP contribution in [0, 0.1) is 5.82 Å². The summed E-state index contributed by atoms with van der Waals surface area (Å²) in [6.45, 7) is 4.36. The van der Waals surface area contributed by atoms with Crippen LogP contribution in [0.1, 0.15) is 33.1 Å². The molecular formula is C14H22FN3O. The highest BCUT2D eigenvalue weighted by Gasteiger charge is 2.25. The van der Waals surface area contributed by atoms with E-state index < -0.39 is 5.82 Å². The Balaban J connectivity index is 2.22. The van der Waals surface area contributed by atoms with Crippen LogP contribution in [0.5, 0.6) is 5.75 Å². The number of halogens is 1. The van der Waals surface area contributed by atoms with Gasteiger partial charge in [-0.2, -0.15) is 0 Å². The third-order valence-electron chi connectivity index (χ3n) is 3.77. The second-order valence-electron chi connectivity index (χ2n) is 5.22. The van der Waals surface area contributed by atoms with Crippen LogP contribution < -0.4 is 15.9 Å². The Morgan fingerprint density at radius 3 is 2.53 bits per heavy atom. The normalized spacial score (nSPS) is 24.2. The molecule has 19 heavy (non-hydrogen) atoms. The van der Waals surface area contributed by atoms with Crippen molar-refractivity contribution in [3.63, 3.8) is 0 Å². The first-order chi connectivity index (χ1) is 9.02. The van der Waals surface area contributed by atoms with E-state index in [0.717, 1.165) is 12.8 Å². The molecule has 0 aliphatic carbocycles. The Morgan fingerprint density at radius 2 is 1.95 bits per heavy atom. The fourth-order valence-electron chi connectivity index (χ4n) is 2.60. The summed E-state index contributed by atoms with van der Waals surface area (Å²) < 4.78 is 18.5. The molecule has 0 saturated carbocycles. The highest BCUT2D eigenvalue weighted by Crippen LogP contribution is 2.30. The van der Waals surface area contributed by atoms with E-state index in [1.807, 2.05) is 0 Å². The topological polar surface area (TPSA) is 50.5 Å². The Bertz CT molecular complexity index is 443. The van der Waals surface area contributed by atoms with E-state index in [1.165, 1.54) is 19.6 Å². The van der Waals surface area contributed by atoms with Crippen molar-refractivity contribution in [2.45, 2.75) is 45.2 Å². The van der Waals surface area contributed by atoms with Crippen molar-refractivity contribution in [1.82, 2.24) is 5.01 Å². The van der Waals surface area contributed by atoms with Crippen molar-refractivity contribution in [3.8, 4) is 5.75 Å². The lowest BCUT2D eigenvalue weighted by molar-refractivity contribution is 0.136. The van der Waals surface area contributed by atoms with Gasteiger partial charge in [-0.15, -0.1) is 0 Å². The number of piperidine rings is 1. The number of benzene rings is 1. The quantitative estimate of drug-likeness (QED) is 0.827. The third kappa shape index (κ3) is 2.92. The van der Waals surface area contributed by atoms with Gasteiger partial charge in [-0.05, 0) is 26.7 Å². The molecule has 2 unspecified atom stereocenters. The molecule has 0 spiro atoms. The van der Waals surface area contributed by atoms with Crippen molar-refractivity contribution in [2.75, 3.05) is 18.3 Å². The van der Waals surface area contributed by atoms with Crippen LogP contribution in [0.3, 0.4) is 0 Å². The molecule has 1 heterocycles. The summed E-state index contributed by atoms with van der Waals surface area (Å²) in [4.78, 5) is 0. The first-order valence-electron chi connectivity index (χ1n) is 6.71. The lowest BCUT2D eigenvalue weighted by Crippen LogP contribution is -2.47. The van der Waals surface area contributed by atoms with Crippen LogP contribution in [-0.2, 0) is 0 Å². The minimum Gasteiger partial charge on any atom is -0.494 e. The molecule has 0 radical (unpaired) electrons. The van der Waals surface area contributed by atoms with Gasteiger partial charge in [0.15, 0.2) is 11.6 Å². The Hall–Kier alpha value is -1.49. The van der Waals surface area contributed by atoms with Crippen molar-refractivity contribution in [2.24, 2.45) is 0 Å². The number of nitrogens with one attached hydrogen (secondary N) is 1. The van der Waals surface area contributed by atoms with Gasteiger partial charge in [-0.1, -0.05) is 6.42 Å². The summed E-state index contributed by atoms with van der Waals surface area (Å²) in [5.74, 6) is -0.237. The highest BCUT2D eigenvalue weighted by atomic mass is 19.1. The monoisotopic (exact) mass is 267 g/mol. The van der Waals surface area contributed by atoms with Crippen LogP contribution in [-0.4, -0.2) is 24.2 Å². The molecule has 2 atom stereocenters. The molecular weight excluding hydrogens is 245 g/mol. The van der Waals surface area contributed by atoms with Crippen LogP contribution >= 0.6 is 0 Å². The fourth-order valence-corrected chi connectivity index (χ4v) is 2.60. The molecule has 1 aromatic rings. The summed E-state index contributed by atoms with van der Waals surface area (Å²) in [6.07, 6.45) is 3.54. The van der Waals surface area contributed by atoms with Crippen LogP contribution in [0.4, 0.5) is 15.8 Å². The first-order valence-corrected chi connectivity index (χ1v) is 6.71. The van der Waals surface area contributed by atoms with E-state index >= 15 is 0 Å². The first kappa shape index (κ1) is 13.9. The van der Waals surface area contributed by atoms with E-state index in [9.17, 15) is 4.39 Å². The molecule has 2 rings (SSSR count). The average Bonchev–Trinajstić information content (AvgIpc) is 2.36. The summed E-state index contributed by atoms with van der Waals surface area (Å²) in [7, 11) is 1.45. The Morgan fingerprint density at radius 1 is 1.32 bits per heavy atom. The Labute approximate surface area is 113 Å². The van der Waals surface area contributed by atoms with Crippen LogP contribution in [0.15, 0.2) is 12.1 Å². The van der Waals surface area contributed by atoms with Crippen molar-refractivity contribution in [3.05, 3.63) is 17.9 Å². The van der Waals surface area contributed by atoms with Gasteiger partial charge in [0.25, 0.3) is 0 Å². The van der Waals surface area contributed by atoms with Crippen LogP contribution in [0.2, 0.25) is 0 Å². The van der Waals surface area contributed by atoms with Gasteiger partial charge in [-0.25, -0.2) is 9.40 Å². The highest BCUT2D eigenvalue weighted by molar-refractivity contribution is 5.68. The molecule has 1 fully saturated rings. The smallest absolute Gasteiger partial charge is 0.167 e. The third-order valence-corrected chi connectivity index (χ3v) is 3.77. The number of nitrogens with zero attached hydrogens (tertiary/aromatic N) is 1. The second kappa shape index (κ2) is 5.65. The summed E-state index contributed by atoms with van der Waals surface area (Å²) in [5.41, 5.74) is 10.3. The van der Waals surface area contributed by atoms with Gasteiger partial charge in [0, 0.05) is 24.2 Å². The van der Waals surface area contributed by atoms with Gasteiger partial charge in [0.1, 0.15) is 0 Å². The zero-order chi connectivity index (χ0) is 14.0. The fraction of sp³-hybridized carbons (Fsp3) is 0.571. The van der Waals surface area contributed by atoms with Gasteiger partial charge in [0.05, 0.1) is 18.5 Å². The van der Waals surface area contributed by atoms with Crippen molar-refractivity contribution >= 4 is 11.4 Å². The number of hydrogen-bond donors (Lipinski definition) is 2. The van der Waals surface area contributed by atoms with Crippen molar-refractivity contribution in [1.29, 1.82) is 0 Å². The molecule has 4 nitrogen and oxygen atoms in total. The molecule has 3 N–H and O–H groups in total. The van der Waals surface area contributed by atoms with E-state index in [-0.39, 0.29) is 5.75 Å². The number of ether oxygens (including phenoxy) is 1. The second-order valence-corrected chi connectivity index (χ2v) is 5.22. The number of nitrogens with two attached hydrogens (primary N) is 1. The molecule has 1 aromatic carbocycles. The maximum Gasteiger partial charge on any atom is 0.167 e. The van der Waals surface area contributed by atoms with Gasteiger partial charge in [0.2, 0.25) is 0 Å².